The molecule has 0 aliphatic rings. The quantitative estimate of drug-likeness (QED) is 0.207. The van der Waals surface area contributed by atoms with Crippen LogP contribution in [0.1, 0.15) is 0 Å². The molecule has 0 unspecified atom stereocenters. The molecule has 0 bridgehead atoms. The molecule has 200 valence electrons. The van der Waals surface area contributed by atoms with E-state index < -0.39 is 0 Å². The van der Waals surface area contributed by atoms with Crippen molar-refractivity contribution in [2.24, 2.45) is 0 Å². The zero-order chi connectivity index (χ0) is 28.3. The summed E-state index contributed by atoms with van der Waals surface area (Å²) in [6.45, 7) is 0. The van der Waals surface area contributed by atoms with Crippen LogP contribution < -0.4 is 0 Å². The van der Waals surface area contributed by atoms with Gasteiger partial charge in [-0.15, -0.1) is 10.2 Å². The lowest BCUT2D eigenvalue weighted by Gasteiger charge is -2.11. The number of para-hydroxylation sites is 1. The highest BCUT2D eigenvalue weighted by Gasteiger charge is 2.17. The van der Waals surface area contributed by atoms with Crippen LogP contribution in [-0.4, -0.2) is 34.7 Å². The van der Waals surface area contributed by atoms with Gasteiger partial charge in [0.1, 0.15) is 28.4 Å². The van der Waals surface area contributed by atoms with E-state index in [2.05, 4.69) is 121 Å². The Hall–Kier alpha value is -6.08. The fourth-order valence-corrected chi connectivity index (χ4v) is 6.14. The number of nitrogens with zero attached hydrogens (tertiary/aromatic N) is 7. The lowest BCUT2D eigenvalue weighted by Crippen LogP contribution is -1.98. The van der Waals surface area contributed by atoms with Crippen LogP contribution in [0.25, 0.3) is 82.8 Å². The van der Waals surface area contributed by atoms with Gasteiger partial charge in [0.2, 0.25) is 0 Å². The first-order chi connectivity index (χ1) is 21.3. The van der Waals surface area contributed by atoms with E-state index >= 15 is 0 Å². The number of hydrogen-bond acceptors (Lipinski definition) is 6. The van der Waals surface area contributed by atoms with Gasteiger partial charge < -0.3 is 4.57 Å². The van der Waals surface area contributed by atoms with E-state index in [0.717, 1.165) is 54.9 Å². The Bertz CT molecular complexity index is 2480. The molecule has 5 aromatic carbocycles. The van der Waals surface area contributed by atoms with Crippen LogP contribution in [-0.2, 0) is 0 Å². The first-order valence-electron chi connectivity index (χ1n) is 14.0. The normalized spacial score (nSPS) is 11.7. The number of pyridine rings is 1. The van der Waals surface area contributed by atoms with Crippen LogP contribution in [0.15, 0.2) is 128 Å². The molecule has 0 aliphatic carbocycles. The Kier molecular flexibility index (Phi) is 5.06. The molecule has 43 heavy (non-hydrogen) atoms. The van der Waals surface area contributed by atoms with Crippen LogP contribution in [0.3, 0.4) is 0 Å². The molecule has 0 atom stereocenters. The van der Waals surface area contributed by atoms with Gasteiger partial charge in [0.05, 0.1) is 11.0 Å². The van der Waals surface area contributed by atoms with E-state index in [9.17, 15) is 0 Å². The summed E-state index contributed by atoms with van der Waals surface area (Å²) in [5.41, 5.74) is 9.36. The summed E-state index contributed by atoms with van der Waals surface area (Å²) in [6.07, 6.45) is 5.10. The third-order valence-electron chi connectivity index (χ3n) is 8.09. The molecule has 7 heteroatoms. The van der Waals surface area contributed by atoms with Crippen molar-refractivity contribution in [3.05, 3.63) is 128 Å². The Morgan fingerprint density at radius 2 is 1.30 bits per heavy atom. The van der Waals surface area contributed by atoms with Crippen LogP contribution in [0, 0.1) is 0 Å². The number of fused-ring (bicyclic) bond motifs is 9. The molecular weight excluding hydrogens is 530 g/mol. The van der Waals surface area contributed by atoms with Crippen LogP contribution in [0.2, 0.25) is 0 Å². The fraction of sp³-hybridized carbons (Fsp3) is 0. The second-order valence-corrected chi connectivity index (χ2v) is 10.5. The van der Waals surface area contributed by atoms with Crippen LogP contribution in [0.4, 0.5) is 0 Å². The summed E-state index contributed by atoms with van der Waals surface area (Å²) in [7, 11) is 0. The van der Waals surface area contributed by atoms with Gasteiger partial charge in [-0.25, -0.2) is 15.0 Å². The SMILES string of the molecule is c1ccc(-c2cccc(-n3c4ccccc4c4cc(-c5nnc6c7ncccc7c7cncnc7c6n5)ccc43)c2)cc1. The third-order valence-corrected chi connectivity index (χ3v) is 8.09. The number of hydrogen-bond donors (Lipinski definition) is 0. The number of aromatic nitrogens is 7. The topological polar surface area (TPSA) is 82.3 Å². The second kappa shape index (κ2) is 9.22. The van der Waals surface area contributed by atoms with Gasteiger partial charge in [0, 0.05) is 45.2 Å². The summed E-state index contributed by atoms with van der Waals surface area (Å²) in [6, 6.07) is 37.9. The van der Waals surface area contributed by atoms with E-state index in [-0.39, 0.29) is 0 Å². The Morgan fingerprint density at radius 1 is 0.488 bits per heavy atom. The molecule has 0 fully saturated rings. The molecule has 9 rings (SSSR count). The largest absolute Gasteiger partial charge is 0.309 e. The number of benzene rings is 5. The van der Waals surface area contributed by atoms with E-state index in [1.54, 1.807) is 18.7 Å². The molecule has 9 aromatic rings. The van der Waals surface area contributed by atoms with Crippen molar-refractivity contribution in [3.63, 3.8) is 0 Å². The van der Waals surface area contributed by atoms with Gasteiger partial charge in [-0.3, -0.25) is 4.98 Å². The van der Waals surface area contributed by atoms with Gasteiger partial charge >= 0.3 is 0 Å². The summed E-state index contributed by atoms with van der Waals surface area (Å²) in [5.74, 6) is 0.535. The first kappa shape index (κ1) is 23.6. The Labute approximate surface area is 245 Å². The van der Waals surface area contributed by atoms with Crippen molar-refractivity contribution in [1.29, 1.82) is 0 Å². The van der Waals surface area contributed by atoms with Crippen molar-refractivity contribution in [1.82, 2.24) is 34.7 Å². The summed E-state index contributed by atoms with van der Waals surface area (Å²) >= 11 is 0. The smallest absolute Gasteiger partial charge is 0.182 e. The predicted molar refractivity (Wildman–Crippen MR) is 171 cm³/mol. The zero-order valence-corrected chi connectivity index (χ0v) is 22.8. The lowest BCUT2D eigenvalue weighted by molar-refractivity contribution is 1.04. The molecule has 0 amide bonds. The van der Waals surface area contributed by atoms with Crippen molar-refractivity contribution in [2.45, 2.75) is 0 Å². The summed E-state index contributed by atoms with van der Waals surface area (Å²) in [4.78, 5) is 18.4. The molecule has 4 heterocycles. The minimum absolute atomic E-state index is 0.535. The van der Waals surface area contributed by atoms with Crippen LogP contribution in [0.5, 0.6) is 0 Å². The molecule has 0 aliphatic heterocycles. The molecule has 0 N–H and O–H groups in total. The maximum atomic E-state index is 5.01. The van der Waals surface area contributed by atoms with Crippen LogP contribution >= 0.6 is 0 Å². The molecular formula is C36H21N7. The average molecular weight is 552 g/mol. The van der Waals surface area contributed by atoms with Crippen molar-refractivity contribution < 1.29 is 0 Å². The lowest BCUT2D eigenvalue weighted by atomic mass is 10.1. The first-order valence-corrected chi connectivity index (χ1v) is 14.0. The minimum Gasteiger partial charge on any atom is -0.309 e. The van der Waals surface area contributed by atoms with Crippen molar-refractivity contribution in [2.75, 3.05) is 0 Å². The Morgan fingerprint density at radius 3 is 2.26 bits per heavy atom. The minimum atomic E-state index is 0.535. The molecule has 4 aromatic heterocycles. The highest BCUT2D eigenvalue weighted by atomic mass is 15.2. The third kappa shape index (κ3) is 3.62. The van der Waals surface area contributed by atoms with Gasteiger partial charge in [0.15, 0.2) is 5.82 Å². The summed E-state index contributed by atoms with van der Waals surface area (Å²) in [5, 5.41) is 13.3. The Balaban J connectivity index is 1.26. The standard InChI is InChI=1S/C36H21N7/c1-2-8-22(9-3-1)23-10-6-11-25(18-23)43-30-14-5-4-12-26(30)28-19-24(15-16-31(28)43)36-40-34-33-29(20-37-21-39-33)27-13-7-17-38-32(27)35(34)41-42-36/h1-21H. The average Bonchev–Trinajstić information content (AvgIpc) is 3.42. The molecule has 0 saturated carbocycles. The zero-order valence-electron chi connectivity index (χ0n) is 22.8. The van der Waals surface area contributed by atoms with E-state index in [0.29, 0.717) is 16.9 Å². The van der Waals surface area contributed by atoms with Gasteiger partial charge in [-0.05, 0) is 53.6 Å². The maximum absolute atomic E-state index is 5.01. The maximum Gasteiger partial charge on any atom is 0.182 e. The predicted octanol–water partition coefficient (Wildman–Crippen LogP) is 7.95. The van der Waals surface area contributed by atoms with Gasteiger partial charge in [-0.2, -0.15) is 0 Å². The van der Waals surface area contributed by atoms with E-state index in [1.165, 1.54) is 11.1 Å². The van der Waals surface area contributed by atoms with E-state index in [4.69, 9.17) is 4.98 Å². The fourth-order valence-electron chi connectivity index (χ4n) is 6.14. The molecule has 0 spiro atoms. The van der Waals surface area contributed by atoms with E-state index in [1.807, 2.05) is 18.2 Å². The second-order valence-electron chi connectivity index (χ2n) is 10.5. The van der Waals surface area contributed by atoms with Crippen molar-refractivity contribution >= 4 is 54.6 Å². The van der Waals surface area contributed by atoms with Gasteiger partial charge in [0.25, 0.3) is 0 Å². The molecule has 7 nitrogen and oxygen atoms in total. The molecule has 0 radical (unpaired) electrons. The highest BCUT2D eigenvalue weighted by Crippen LogP contribution is 2.36. The highest BCUT2D eigenvalue weighted by molar-refractivity contribution is 6.20. The summed E-state index contributed by atoms with van der Waals surface area (Å²) < 4.78 is 2.32. The number of rotatable bonds is 3. The molecule has 0 saturated heterocycles. The van der Waals surface area contributed by atoms with Gasteiger partial charge in [-0.1, -0.05) is 66.7 Å². The van der Waals surface area contributed by atoms with Crippen molar-refractivity contribution in [3.8, 4) is 28.2 Å². The monoisotopic (exact) mass is 551 g/mol.